The van der Waals surface area contributed by atoms with Gasteiger partial charge < -0.3 is 9.67 Å². The van der Waals surface area contributed by atoms with Crippen LogP contribution in [0.25, 0.3) is 10.9 Å². The van der Waals surface area contributed by atoms with E-state index in [-0.39, 0.29) is 10.6 Å². The SMILES string of the molecule is Cc1ccc2c(Cl)cc(S(=O)ONCCCn3ccnc3)c(O)c2n1. The topological polar surface area (TPSA) is 89.3 Å². The summed E-state index contributed by atoms with van der Waals surface area (Å²) >= 11 is 4.29. The molecule has 2 N–H and O–H groups in total. The Morgan fingerprint density at radius 1 is 1.44 bits per heavy atom. The van der Waals surface area contributed by atoms with Gasteiger partial charge in [-0.1, -0.05) is 11.6 Å². The number of aryl methyl sites for hydroxylation is 2. The number of benzene rings is 1. The fraction of sp³-hybridized carbons (Fsp3) is 0.250. The molecule has 0 aliphatic heterocycles. The number of rotatable bonds is 7. The van der Waals surface area contributed by atoms with Crippen molar-refractivity contribution in [1.29, 1.82) is 0 Å². The molecule has 9 heteroatoms. The Labute approximate surface area is 152 Å². The van der Waals surface area contributed by atoms with E-state index in [1.165, 1.54) is 6.07 Å². The minimum Gasteiger partial charge on any atom is -0.504 e. The van der Waals surface area contributed by atoms with E-state index in [1.54, 1.807) is 31.6 Å². The Kier molecular flexibility index (Phi) is 5.64. The molecule has 0 bridgehead atoms. The summed E-state index contributed by atoms with van der Waals surface area (Å²) in [6, 6.07) is 4.99. The zero-order chi connectivity index (χ0) is 17.8. The molecule has 0 saturated carbocycles. The summed E-state index contributed by atoms with van der Waals surface area (Å²) in [6.07, 6.45) is 6.06. The number of phenols is 1. The summed E-state index contributed by atoms with van der Waals surface area (Å²) in [5.41, 5.74) is 3.67. The Morgan fingerprint density at radius 2 is 2.28 bits per heavy atom. The van der Waals surface area contributed by atoms with E-state index in [2.05, 4.69) is 15.4 Å². The van der Waals surface area contributed by atoms with Crippen molar-refractivity contribution in [3.63, 3.8) is 0 Å². The van der Waals surface area contributed by atoms with Crippen LogP contribution < -0.4 is 5.48 Å². The third kappa shape index (κ3) is 4.16. The zero-order valence-electron chi connectivity index (χ0n) is 13.5. The molecule has 0 amide bonds. The summed E-state index contributed by atoms with van der Waals surface area (Å²) in [7, 11) is 0. The summed E-state index contributed by atoms with van der Waals surface area (Å²) < 4.78 is 19.3. The standard InChI is InChI=1S/C16H17ClN4O3S/c1-11-3-4-12-13(17)9-14(16(22)15(12)20-11)25(23)24-19-5-2-7-21-8-6-18-10-21/h3-4,6,8-10,19,22H,2,5,7H2,1H3. The van der Waals surface area contributed by atoms with Crippen LogP contribution in [0.15, 0.2) is 41.8 Å². The molecule has 1 atom stereocenters. The van der Waals surface area contributed by atoms with E-state index in [9.17, 15) is 9.32 Å². The molecule has 3 rings (SSSR count). The lowest BCUT2D eigenvalue weighted by Gasteiger charge is -2.10. The van der Waals surface area contributed by atoms with Crippen LogP contribution in [0.4, 0.5) is 0 Å². The van der Waals surface area contributed by atoms with Gasteiger partial charge in [-0.25, -0.2) is 14.2 Å². The Balaban J connectivity index is 1.64. The number of nitrogens with one attached hydrogen (secondary N) is 1. The first-order valence-electron chi connectivity index (χ1n) is 7.63. The van der Waals surface area contributed by atoms with Gasteiger partial charge in [0.2, 0.25) is 11.1 Å². The van der Waals surface area contributed by atoms with Gasteiger partial charge in [-0.15, -0.1) is 0 Å². The van der Waals surface area contributed by atoms with Gasteiger partial charge in [0.1, 0.15) is 10.4 Å². The zero-order valence-corrected chi connectivity index (χ0v) is 15.0. The predicted molar refractivity (Wildman–Crippen MR) is 95.5 cm³/mol. The van der Waals surface area contributed by atoms with Crippen molar-refractivity contribution in [3.05, 3.63) is 47.6 Å². The number of aromatic nitrogens is 3. The van der Waals surface area contributed by atoms with E-state index >= 15 is 0 Å². The Morgan fingerprint density at radius 3 is 3.04 bits per heavy atom. The highest BCUT2D eigenvalue weighted by molar-refractivity contribution is 7.80. The van der Waals surface area contributed by atoms with Gasteiger partial charge in [0.15, 0.2) is 5.75 Å². The maximum Gasteiger partial charge on any atom is 0.210 e. The molecule has 1 unspecified atom stereocenters. The molecule has 3 aromatic rings. The van der Waals surface area contributed by atoms with Crippen LogP contribution in [0.2, 0.25) is 5.02 Å². The number of aromatic hydroxyl groups is 1. The summed E-state index contributed by atoms with van der Waals surface area (Å²) in [4.78, 5) is 8.30. The molecule has 0 aliphatic rings. The molecular formula is C16H17ClN4O3S. The first-order valence-corrected chi connectivity index (χ1v) is 9.08. The number of imidazole rings is 1. The van der Waals surface area contributed by atoms with E-state index in [1.807, 2.05) is 10.8 Å². The van der Waals surface area contributed by atoms with E-state index < -0.39 is 11.1 Å². The van der Waals surface area contributed by atoms with Crippen LogP contribution in [0.3, 0.4) is 0 Å². The number of hydrogen-bond donors (Lipinski definition) is 2. The summed E-state index contributed by atoms with van der Waals surface area (Å²) in [6.45, 7) is 3.05. The molecule has 132 valence electrons. The van der Waals surface area contributed by atoms with Crippen molar-refractivity contribution >= 4 is 33.6 Å². The van der Waals surface area contributed by atoms with Gasteiger partial charge >= 0.3 is 0 Å². The molecule has 2 heterocycles. The minimum atomic E-state index is -1.91. The van der Waals surface area contributed by atoms with Crippen molar-refractivity contribution in [2.75, 3.05) is 6.54 Å². The normalized spacial score (nSPS) is 12.6. The smallest absolute Gasteiger partial charge is 0.210 e. The second-order valence-electron chi connectivity index (χ2n) is 5.42. The molecule has 0 spiro atoms. The maximum absolute atomic E-state index is 12.3. The highest BCUT2D eigenvalue weighted by atomic mass is 35.5. The van der Waals surface area contributed by atoms with Crippen LogP contribution in [-0.4, -0.2) is 30.4 Å². The maximum atomic E-state index is 12.3. The van der Waals surface area contributed by atoms with Crippen LogP contribution in [0, 0.1) is 6.92 Å². The molecule has 0 fully saturated rings. The van der Waals surface area contributed by atoms with Crippen LogP contribution in [0.1, 0.15) is 12.1 Å². The van der Waals surface area contributed by atoms with Crippen molar-refractivity contribution in [3.8, 4) is 5.75 Å². The first kappa shape index (κ1) is 17.8. The van der Waals surface area contributed by atoms with Gasteiger partial charge in [0.05, 0.1) is 11.3 Å². The lowest BCUT2D eigenvalue weighted by Crippen LogP contribution is -2.19. The van der Waals surface area contributed by atoms with E-state index in [4.69, 9.17) is 15.9 Å². The molecule has 2 aromatic heterocycles. The predicted octanol–water partition coefficient (Wildman–Crippen LogP) is 2.73. The van der Waals surface area contributed by atoms with Crippen molar-refractivity contribution in [2.45, 2.75) is 24.8 Å². The average molecular weight is 381 g/mol. The first-order chi connectivity index (χ1) is 12.1. The number of halogens is 1. The molecule has 1 aromatic carbocycles. The number of hydroxylamine groups is 1. The highest BCUT2D eigenvalue weighted by Gasteiger charge is 2.17. The summed E-state index contributed by atoms with van der Waals surface area (Å²) in [5, 5.41) is 11.3. The van der Waals surface area contributed by atoms with Gasteiger partial charge in [0, 0.05) is 36.6 Å². The fourth-order valence-corrected chi connectivity index (χ4v) is 3.40. The number of nitrogens with zero attached hydrogens (tertiary/aromatic N) is 3. The number of fused-ring (bicyclic) bond motifs is 1. The fourth-order valence-electron chi connectivity index (χ4n) is 2.33. The van der Waals surface area contributed by atoms with Gasteiger partial charge in [-0.2, -0.15) is 9.76 Å². The lowest BCUT2D eigenvalue weighted by molar-refractivity contribution is 0.217. The monoisotopic (exact) mass is 380 g/mol. The summed E-state index contributed by atoms with van der Waals surface area (Å²) in [5.74, 6) is -0.193. The van der Waals surface area contributed by atoms with Crippen LogP contribution >= 0.6 is 11.6 Å². The molecule has 0 saturated heterocycles. The molecule has 0 radical (unpaired) electrons. The second kappa shape index (κ2) is 7.92. The van der Waals surface area contributed by atoms with E-state index in [0.717, 1.165) is 18.7 Å². The second-order valence-corrected chi connectivity index (χ2v) is 6.90. The van der Waals surface area contributed by atoms with Crippen molar-refractivity contribution < 1.29 is 13.6 Å². The molecule has 25 heavy (non-hydrogen) atoms. The lowest BCUT2D eigenvalue weighted by atomic mass is 10.2. The Bertz CT molecular complexity index is 902. The van der Waals surface area contributed by atoms with Crippen LogP contribution in [-0.2, 0) is 21.9 Å². The minimum absolute atomic E-state index is 0.0812. The van der Waals surface area contributed by atoms with Gasteiger partial charge in [-0.3, -0.25) is 0 Å². The Hall–Kier alpha value is -2.00. The highest BCUT2D eigenvalue weighted by Crippen LogP contribution is 2.35. The largest absolute Gasteiger partial charge is 0.504 e. The van der Waals surface area contributed by atoms with E-state index in [0.29, 0.717) is 22.5 Å². The number of phenolic OH excluding ortho intramolecular Hbond substituents is 1. The van der Waals surface area contributed by atoms with Gasteiger partial charge in [-0.05, 0) is 31.5 Å². The van der Waals surface area contributed by atoms with Crippen molar-refractivity contribution in [2.24, 2.45) is 0 Å². The van der Waals surface area contributed by atoms with Crippen molar-refractivity contribution in [1.82, 2.24) is 20.0 Å². The number of hydrogen-bond acceptors (Lipinski definition) is 6. The van der Waals surface area contributed by atoms with Gasteiger partial charge in [0.25, 0.3) is 0 Å². The third-order valence-electron chi connectivity index (χ3n) is 3.58. The molecular weight excluding hydrogens is 364 g/mol. The quantitative estimate of drug-likeness (QED) is 0.484. The number of pyridine rings is 1. The average Bonchev–Trinajstić information content (AvgIpc) is 3.11. The molecule has 7 nitrogen and oxygen atoms in total. The van der Waals surface area contributed by atoms with Crippen LogP contribution in [0.5, 0.6) is 5.75 Å². The molecule has 0 aliphatic carbocycles. The third-order valence-corrected chi connectivity index (χ3v) is 4.83.